The monoisotopic (exact) mass is 353 g/mol. The minimum Gasteiger partial charge on any atom is -0.444 e. The van der Waals surface area contributed by atoms with E-state index < -0.39 is 5.60 Å². The molecule has 1 N–H and O–H groups in total. The summed E-state index contributed by atoms with van der Waals surface area (Å²) in [7, 11) is 0. The third-order valence-corrected chi connectivity index (χ3v) is 4.23. The van der Waals surface area contributed by atoms with E-state index in [1.807, 2.05) is 20.8 Å². The zero-order valence-electron chi connectivity index (χ0n) is 13.9. The Morgan fingerprint density at radius 2 is 2.00 bits per heavy atom. The summed E-state index contributed by atoms with van der Waals surface area (Å²) >= 11 is 6.00. The Labute approximate surface area is 143 Å². The molecule has 2 aromatic heterocycles. The molecular weight excluding hydrogens is 334 g/mol. The van der Waals surface area contributed by atoms with Crippen molar-refractivity contribution in [3.05, 3.63) is 22.0 Å². The predicted molar refractivity (Wildman–Crippen MR) is 89.2 cm³/mol. The van der Waals surface area contributed by atoms with Gasteiger partial charge in [-0.25, -0.2) is 19.6 Å². The van der Waals surface area contributed by atoms with Crippen LogP contribution < -0.4 is 5.69 Å². The molecule has 0 saturated carbocycles. The molecule has 3 rings (SSSR count). The number of imidazole rings is 1. The number of aromatic nitrogens is 4. The zero-order chi connectivity index (χ0) is 17.5. The van der Waals surface area contributed by atoms with Crippen LogP contribution in [-0.4, -0.2) is 49.2 Å². The van der Waals surface area contributed by atoms with Crippen LogP contribution in [0.25, 0.3) is 11.2 Å². The standard InChI is InChI=1S/C15H20ClN5O3/c1-15(2,3)24-14(23)20-6-4-9(5-7-20)21-12-10(19-13(21)22)11(16)17-8-18-12/h8-9H,4-7H2,1-3H3,(H,19,22). The van der Waals surface area contributed by atoms with Crippen molar-refractivity contribution in [2.45, 2.75) is 45.3 Å². The quantitative estimate of drug-likeness (QED) is 0.794. The molecule has 0 unspecified atom stereocenters. The molecule has 1 saturated heterocycles. The Morgan fingerprint density at radius 3 is 2.62 bits per heavy atom. The summed E-state index contributed by atoms with van der Waals surface area (Å²) in [5.41, 5.74) is 0.160. The van der Waals surface area contributed by atoms with Crippen LogP contribution in [0.5, 0.6) is 0 Å². The number of halogens is 1. The normalized spacial score (nSPS) is 16.6. The van der Waals surface area contributed by atoms with E-state index in [0.717, 1.165) is 0 Å². The number of piperidine rings is 1. The maximum atomic E-state index is 12.3. The highest BCUT2D eigenvalue weighted by Crippen LogP contribution is 2.26. The molecule has 1 fully saturated rings. The Balaban J connectivity index is 1.76. The van der Waals surface area contributed by atoms with Gasteiger partial charge < -0.3 is 14.6 Å². The number of likely N-dealkylation sites (tertiary alicyclic amines) is 1. The molecule has 0 atom stereocenters. The Morgan fingerprint density at radius 1 is 1.33 bits per heavy atom. The van der Waals surface area contributed by atoms with Crippen LogP contribution in [0.4, 0.5) is 4.79 Å². The van der Waals surface area contributed by atoms with Gasteiger partial charge >= 0.3 is 11.8 Å². The lowest BCUT2D eigenvalue weighted by Gasteiger charge is -2.33. The summed E-state index contributed by atoms with van der Waals surface area (Å²) in [5.74, 6) is 0. The van der Waals surface area contributed by atoms with E-state index in [-0.39, 0.29) is 23.0 Å². The summed E-state index contributed by atoms with van der Waals surface area (Å²) in [6.07, 6.45) is 2.31. The summed E-state index contributed by atoms with van der Waals surface area (Å²) in [4.78, 5) is 36.8. The van der Waals surface area contributed by atoms with E-state index in [1.165, 1.54) is 6.33 Å². The first kappa shape index (κ1) is 16.8. The van der Waals surface area contributed by atoms with E-state index in [9.17, 15) is 9.59 Å². The average molecular weight is 354 g/mol. The van der Waals surface area contributed by atoms with Crippen LogP contribution in [0, 0.1) is 0 Å². The first-order valence-corrected chi connectivity index (χ1v) is 8.23. The van der Waals surface area contributed by atoms with Crippen molar-refractivity contribution in [1.29, 1.82) is 0 Å². The molecule has 0 spiro atoms. The third-order valence-electron chi connectivity index (χ3n) is 3.94. The van der Waals surface area contributed by atoms with Crippen molar-refractivity contribution in [1.82, 2.24) is 24.4 Å². The van der Waals surface area contributed by atoms with Crippen molar-refractivity contribution in [2.75, 3.05) is 13.1 Å². The van der Waals surface area contributed by atoms with Crippen molar-refractivity contribution in [3.8, 4) is 0 Å². The highest BCUT2D eigenvalue weighted by molar-refractivity contribution is 6.33. The van der Waals surface area contributed by atoms with Gasteiger partial charge in [0, 0.05) is 19.1 Å². The van der Waals surface area contributed by atoms with Gasteiger partial charge in [0.05, 0.1) is 0 Å². The van der Waals surface area contributed by atoms with Crippen molar-refractivity contribution in [2.24, 2.45) is 0 Å². The lowest BCUT2D eigenvalue weighted by molar-refractivity contribution is 0.0189. The minimum absolute atomic E-state index is 0.0455. The minimum atomic E-state index is -0.518. The Kier molecular flexibility index (Phi) is 4.25. The molecule has 130 valence electrons. The number of aromatic amines is 1. The maximum Gasteiger partial charge on any atom is 0.410 e. The number of hydrogen-bond donors (Lipinski definition) is 1. The van der Waals surface area contributed by atoms with Crippen molar-refractivity contribution in [3.63, 3.8) is 0 Å². The van der Waals surface area contributed by atoms with Crippen molar-refractivity contribution >= 4 is 28.9 Å². The van der Waals surface area contributed by atoms with E-state index in [4.69, 9.17) is 16.3 Å². The van der Waals surface area contributed by atoms with E-state index in [1.54, 1.807) is 9.47 Å². The number of nitrogens with zero attached hydrogens (tertiary/aromatic N) is 4. The van der Waals surface area contributed by atoms with E-state index in [0.29, 0.717) is 37.1 Å². The molecule has 8 nitrogen and oxygen atoms in total. The molecular formula is C15H20ClN5O3. The van der Waals surface area contributed by atoms with Crippen LogP contribution >= 0.6 is 11.6 Å². The van der Waals surface area contributed by atoms with Crippen LogP contribution in [0.3, 0.4) is 0 Å². The van der Waals surface area contributed by atoms with Gasteiger partial charge in [-0.05, 0) is 33.6 Å². The van der Waals surface area contributed by atoms with Gasteiger partial charge in [-0.2, -0.15) is 0 Å². The molecule has 1 aliphatic heterocycles. The van der Waals surface area contributed by atoms with E-state index >= 15 is 0 Å². The smallest absolute Gasteiger partial charge is 0.410 e. The second-order valence-electron chi connectivity index (χ2n) is 6.86. The lowest BCUT2D eigenvalue weighted by atomic mass is 10.1. The second kappa shape index (κ2) is 6.08. The van der Waals surface area contributed by atoms with Gasteiger partial charge in [0.2, 0.25) is 0 Å². The number of carbonyl (C=O) groups is 1. The summed E-state index contributed by atoms with van der Waals surface area (Å²) in [6, 6.07) is -0.0455. The molecule has 1 aliphatic rings. The highest BCUT2D eigenvalue weighted by atomic mass is 35.5. The third kappa shape index (κ3) is 3.24. The molecule has 24 heavy (non-hydrogen) atoms. The fraction of sp³-hybridized carbons (Fsp3) is 0.600. The number of nitrogens with one attached hydrogen (secondary N) is 1. The second-order valence-corrected chi connectivity index (χ2v) is 7.22. The highest BCUT2D eigenvalue weighted by Gasteiger charge is 2.29. The summed E-state index contributed by atoms with van der Waals surface area (Å²) in [6.45, 7) is 6.57. The summed E-state index contributed by atoms with van der Waals surface area (Å²) < 4.78 is 6.99. The lowest BCUT2D eigenvalue weighted by Crippen LogP contribution is -2.43. The largest absolute Gasteiger partial charge is 0.444 e. The van der Waals surface area contributed by atoms with Gasteiger partial charge in [0.1, 0.15) is 17.4 Å². The SMILES string of the molecule is CC(C)(C)OC(=O)N1CCC(n2c(=O)[nH]c3c(Cl)ncnc32)CC1. The molecule has 3 heterocycles. The zero-order valence-corrected chi connectivity index (χ0v) is 14.6. The van der Waals surface area contributed by atoms with Crippen molar-refractivity contribution < 1.29 is 9.53 Å². The number of fused-ring (bicyclic) bond motifs is 1. The number of rotatable bonds is 1. The van der Waals surface area contributed by atoms with Gasteiger partial charge in [0.15, 0.2) is 10.8 Å². The van der Waals surface area contributed by atoms with Gasteiger partial charge in [-0.15, -0.1) is 0 Å². The molecule has 9 heteroatoms. The van der Waals surface area contributed by atoms with Gasteiger partial charge in [0.25, 0.3) is 0 Å². The van der Waals surface area contributed by atoms with E-state index in [2.05, 4.69) is 15.0 Å². The van der Waals surface area contributed by atoms with Crippen LogP contribution in [0.15, 0.2) is 11.1 Å². The summed E-state index contributed by atoms with van der Waals surface area (Å²) in [5, 5.41) is 0.224. The van der Waals surface area contributed by atoms with Crippen LogP contribution in [-0.2, 0) is 4.74 Å². The Bertz CT molecular complexity index is 815. The molecule has 0 aliphatic carbocycles. The molecule has 1 amide bonds. The topological polar surface area (TPSA) is 93.1 Å². The number of H-pyrrole nitrogens is 1. The Hall–Kier alpha value is -2.09. The predicted octanol–water partition coefficient (Wildman–Crippen LogP) is 2.34. The first-order valence-electron chi connectivity index (χ1n) is 7.85. The fourth-order valence-corrected chi connectivity index (χ4v) is 3.06. The van der Waals surface area contributed by atoms with Crippen LogP contribution in [0.2, 0.25) is 5.15 Å². The molecule has 0 radical (unpaired) electrons. The van der Waals surface area contributed by atoms with Gasteiger partial charge in [-0.3, -0.25) is 4.57 Å². The van der Waals surface area contributed by atoms with Crippen LogP contribution in [0.1, 0.15) is 39.7 Å². The number of ether oxygens (including phenoxy) is 1. The molecule has 2 aromatic rings. The number of amides is 1. The van der Waals surface area contributed by atoms with Gasteiger partial charge in [-0.1, -0.05) is 11.6 Å². The maximum absolute atomic E-state index is 12.3. The average Bonchev–Trinajstić information content (AvgIpc) is 2.83. The molecule has 0 bridgehead atoms. The number of hydrogen-bond acceptors (Lipinski definition) is 5. The first-order chi connectivity index (χ1) is 11.3. The fourth-order valence-electron chi connectivity index (χ4n) is 2.88. The molecule has 0 aromatic carbocycles. The number of carbonyl (C=O) groups excluding carboxylic acids is 1.